The molecule has 0 radical (unpaired) electrons. The Kier molecular flexibility index (Phi) is 7.33. The average molecular weight is 496 g/mol. The summed E-state index contributed by atoms with van der Waals surface area (Å²) in [5.74, 6) is -7.70. The van der Waals surface area contributed by atoms with Crippen molar-refractivity contribution in [3.8, 4) is 16.9 Å². The second-order valence-corrected chi connectivity index (χ2v) is 8.27. The standard InChI is InChI=1S/C25H22F6N2O2/c1-14(13-33-23(35)19-4-2-3-5-22(19)34)8-15-9-17(11-18(32)10-15)16-6-7-20(21(26)12-16)24(27,28)25(29,30)31/h2-7,9-12,14,34H,8,13,32H2,1H3,(H,33,35). The second kappa shape index (κ2) is 9.89. The van der Waals surface area contributed by atoms with Gasteiger partial charge in [-0.05, 0) is 65.4 Å². The molecular weight excluding hydrogens is 474 g/mol. The van der Waals surface area contributed by atoms with Crippen molar-refractivity contribution in [2.45, 2.75) is 25.4 Å². The zero-order chi connectivity index (χ0) is 26.0. The predicted molar refractivity (Wildman–Crippen MR) is 120 cm³/mol. The maximum atomic E-state index is 14.2. The molecule has 3 rings (SSSR count). The summed E-state index contributed by atoms with van der Waals surface area (Å²) in [5, 5.41) is 12.5. The van der Waals surface area contributed by atoms with Crippen molar-refractivity contribution in [3.63, 3.8) is 0 Å². The predicted octanol–water partition coefficient (Wildman–Crippen LogP) is 6.04. The number of carbonyl (C=O) groups is 1. The number of benzene rings is 3. The quantitative estimate of drug-likeness (QED) is 0.276. The summed E-state index contributed by atoms with van der Waals surface area (Å²) >= 11 is 0. The van der Waals surface area contributed by atoms with E-state index in [1.165, 1.54) is 18.2 Å². The number of amides is 1. The molecule has 0 bridgehead atoms. The van der Waals surface area contributed by atoms with Gasteiger partial charge in [-0.3, -0.25) is 4.79 Å². The van der Waals surface area contributed by atoms with Crippen LogP contribution in [0.3, 0.4) is 0 Å². The van der Waals surface area contributed by atoms with E-state index < -0.39 is 29.4 Å². The van der Waals surface area contributed by atoms with Crippen molar-refractivity contribution in [2.24, 2.45) is 5.92 Å². The monoisotopic (exact) mass is 496 g/mol. The number of hydrogen-bond acceptors (Lipinski definition) is 3. The summed E-state index contributed by atoms with van der Waals surface area (Å²) in [4.78, 5) is 12.3. The number of nitrogen functional groups attached to an aromatic ring is 1. The van der Waals surface area contributed by atoms with Crippen LogP contribution >= 0.6 is 0 Å². The van der Waals surface area contributed by atoms with E-state index in [0.717, 1.165) is 6.07 Å². The lowest BCUT2D eigenvalue weighted by Crippen LogP contribution is -2.34. The Balaban J connectivity index is 1.75. The van der Waals surface area contributed by atoms with Gasteiger partial charge < -0.3 is 16.2 Å². The van der Waals surface area contributed by atoms with Crippen LogP contribution in [0.2, 0.25) is 0 Å². The first-order valence-corrected chi connectivity index (χ1v) is 10.5. The fourth-order valence-corrected chi connectivity index (χ4v) is 3.61. The fourth-order valence-electron chi connectivity index (χ4n) is 3.61. The Morgan fingerprint density at radius 2 is 1.69 bits per heavy atom. The lowest BCUT2D eigenvalue weighted by Gasteiger charge is -2.20. The number of rotatable bonds is 7. The molecule has 4 N–H and O–H groups in total. The molecule has 1 unspecified atom stereocenters. The number of nitrogens with one attached hydrogen (secondary N) is 1. The van der Waals surface area contributed by atoms with E-state index >= 15 is 0 Å². The van der Waals surface area contributed by atoms with Gasteiger partial charge in [-0.25, -0.2) is 4.39 Å². The van der Waals surface area contributed by atoms with Crippen LogP contribution in [-0.2, 0) is 12.3 Å². The molecule has 3 aromatic rings. The first-order valence-electron chi connectivity index (χ1n) is 10.5. The zero-order valence-corrected chi connectivity index (χ0v) is 18.5. The van der Waals surface area contributed by atoms with Gasteiger partial charge in [0.05, 0.1) is 11.1 Å². The number of phenols is 1. The molecule has 1 atom stereocenters. The molecule has 0 aromatic heterocycles. The second-order valence-electron chi connectivity index (χ2n) is 8.27. The first kappa shape index (κ1) is 25.9. The molecule has 0 heterocycles. The Morgan fingerprint density at radius 1 is 1.00 bits per heavy atom. The van der Waals surface area contributed by atoms with Crippen LogP contribution in [0.15, 0.2) is 60.7 Å². The van der Waals surface area contributed by atoms with Gasteiger partial charge in [-0.15, -0.1) is 0 Å². The maximum Gasteiger partial charge on any atom is 0.458 e. The van der Waals surface area contributed by atoms with Gasteiger partial charge in [0.25, 0.3) is 5.91 Å². The van der Waals surface area contributed by atoms with Gasteiger partial charge >= 0.3 is 12.1 Å². The highest BCUT2D eigenvalue weighted by Gasteiger charge is 2.59. The highest BCUT2D eigenvalue weighted by molar-refractivity contribution is 5.96. The van der Waals surface area contributed by atoms with Crippen LogP contribution in [0.5, 0.6) is 5.75 Å². The fraction of sp³-hybridized carbons (Fsp3) is 0.240. The number of hydrogen-bond donors (Lipinski definition) is 3. The summed E-state index contributed by atoms with van der Waals surface area (Å²) in [5.41, 5.74) is 5.69. The van der Waals surface area contributed by atoms with Gasteiger partial charge in [0.15, 0.2) is 0 Å². The number of carbonyl (C=O) groups excluding carboxylic acids is 1. The van der Waals surface area contributed by atoms with Gasteiger partial charge in [-0.2, -0.15) is 22.0 Å². The molecule has 0 saturated carbocycles. The molecule has 186 valence electrons. The molecule has 0 fully saturated rings. The summed E-state index contributed by atoms with van der Waals surface area (Å²) in [6.07, 6.45) is -5.50. The molecule has 0 aliphatic heterocycles. The van der Waals surface area contributed by atoms with E-state index in [0.29, 0.717) is 29.7 Å². The number of aromatic hydroxyl groups is 1. The van der Waals surface area contributed by atoms with E-state index in [2.05, 4.69) is 5.32 Å². The van der Waals surface area contributed by atoms with E-state index in [9.17, 15) is 36.2 Å². The minimum atomic E-state index is -5.93. The van der Waals surface area contributed by atoms with Gasteiger partial charge in [0.2, 0.25) is 0 Å². The van der Waals surface area contributed by atoms with Gasteiger partial charge in [0, 0.05) is 12.2 Å². The Bertz CT molecular complexity index is 1230. The van der Waals surface area contributed by atoms with Crippen LogP contribution in [0.25, 0.3) is 11.1 Å². The number of anilines is 1. The third-order valence-electron chi connectivity index (χ3n) is 5.36. The molecule has 0 aliphatic rings. The summed E-state index contributed by atoms with van der Waals surface area (Å²) < 4.78 is 79.2. The number of nitrogens with two attached hydrogens (primary N) is 1. The maximum absolute atomic E-state index is 14.2. The molecule has 10 heteroatoms. The summed E-state index contributed by atoms with van der Waals surface area (Å²) in [6, 6.07) is 12.8. The summed E-state index contributed by atoms with van der Waals surface area (Å²) in [7, 11) is 0. The third-order valence-corrected chi connectivity index (χ3v) is 5.36. The lowest BCUT2D eigenvalue weighted by atomic mass is 9.95. The topological polar surface area (TPSA) is 75.3 Å². The number of phenolic OH excluding ortho intramolecular Hbond substituents is 1. The molecule has 3 aromatic carbocycles. The first-order chi connectivity index (χ1) is 16.3. The van der Waals surface area contributed by atoms with Crippen molar-refractivity contribution in [1.29, 1.82) is 0 Å². The Morgan fingerprint density at radius 3 is 2.31 bits per heavy atom. The molecule has 0 saturated heterocycles. The molecular formula is C25H22F6N2O2. The van der Waals surface area contributed by atoms with Crippen LogP contribution in [0.4, 0.5) is 32.0 Å². The molecule has 0 aliphatic carbocycles. The van der Waals surface area contributed by atoms with Crippen LogP contribution < -0.4 is 11.1 Å². The largest absolute Gasteiger partial charge is 0.507 e. The Hall–Kier alpha value is -3.69. The van der Waals surface area contributed by atoms with Crippen molar-refractivity contribution in [3.05, 3.63) is 83.2 Å². The lowest BCUT2D eigenvalue weighted by molar-refractivity contribution is -0.290. The van der Waals surface area contributed by atoms with Gasteiger partial charge in [0.1, 0.15) is 11.6 Å². The molecule has 4 nitrogen and oxygen atoms in total. The van der Waals surface area contributed by atoms with Crippen molar-refractivity contribution >= 4 is 11.6 Å². The Labute approximate surface area is 197 Å². The highest BCUT2D eigenvalue weighted by atomic mass is 19.4. The molecule has 1 amide bonds. The van der Waals surface area contributed by atoms with E-state index in [-0.39, 0.29) is 35.0 Å². The van der Waals surface area contributed by atoms with Gasteiger partial charge in [-0.1, -0.05) is 31.2 Å². The highest BCUT2D eigenvalue weighted by Crippen LogP contribution is 2.45. The molecule has 0 spiro atoms. The number of alkyl halides is 5. The smallest absolute Gasteiger partial charge is 0.458 e. The van der Waals surface area contributed by atoms with E-state index in [1.807, 2.05) is 6.92 Å². The van der Waals surface area contributed by atoms with Crippen LogP contribution in [-0.4, -0.2) is 23.7 Å². The minimum Gasteiger partial charge on any atom is -0.507 e. The zero-order valence-electron chi connectivity index (χ0n) is 18.5. The number of halogens is 6. The molecule has 35 heavy (non-hydrogen) atoms. The van der Waals surface area contributed by atoms with Crippen molar-refractivity contribution < 1.29 is 36.2 Å². The van der Waals surface area contributed by atoms with E-state index in [1.54, 1.807) is 24.3 Å². The average Bonchev–Trinajstić information content (AvgIpc) is 2.76. The van der Waals surface area contributed by atoms with E-state index in [4.69, 9.17) is 5.73 Å². The third kappa shape index (κ3) is 5.87. The van der Waals surface area contributed by atoms with Crippen LogP contribution in [0, 0.1) is 11.7 Å². The minimum absolute atomic E-state index is 0.0817. The number of para-hydroxylation sites is 1. The van der Waals surface area contributed by atoms with Crippen molar-refractivity contribution in [1.82, 2.24) is 5.32 Å². The summed E-state index contributed by atoms with van der Waals surface area (Å²) in [6.45, 7) is 2.11. The normalized spacial score (nSPS) is 12.9. The van der Waals surface area contributed by atoms with Crippen molar-refractivity contribution in [2.75, 3.05) is 12.3 Å². The SMILES string of the molecule is CC(CNC(=O)c1ccccc1O)Cc1cc(N)cc(-c2ccc(C(F)(F)C(F)(F)F)c(F)c2)c1. The van der Waals surface area contributed by atoms with Crippen LogP contribution in [0.1, 0.15) is 28.4 Å².